The van der Waals surface area contributed by atoms with Crippen molar-refractivity contribution in [3.8, 4) is 0 Å². The van der Waals surface area contributed by atoms with E-state index in [0.717, 1.165) is 5.56 Å². The first kappa shape index (κ1) is 11.9. The van der Waals surface area contributed by atoms with Crippen LogP contribution in [0.25, 0.3) is 0 Å². The minimum atomic E-state index is -4.26. The van der Waals surface area contributed by atoms with Crippen LogP contribution in [0.1, 0.15) is 18.3 Å². The van der Waals surface area contributed by atoms with Crippen molar-refractivity contribution in [2.24, 2.45) is 5.73 Å². The molecule has 1 heterocycles. The van der Waals surface area contributed by atoms with Gasteiger partial charge in [0, 0.05) is 18.4 Å². The standard InChI is InChI=1S/C9H12F3N3/c1-6(13)2-7-4-14-8(15-5-7)3-9(10,11)12/h4-6H,2-3,13H2,1H3. The number of hydrogen-bond donors (Lipinski definition) is 1. The van der Waals surface area contributed by atoms with Gasteiger partial charge in [0.15, 0.2) is 0 Å². The molecule has 0 spiro atoms. The van der Waals surface area contributed by atoms with E-state index in [4.69, 9.17) is 5.73 Å². The highest BCUT2D eigenvalue weighted by Crippen LogP contribution is 2.18. The number of halogens is 3. The average molecular weight is 219 g/mol. The molecule has 0 amide bonds. The van der Waals surface area contributed by atoms with E-state index in [1.54, 1.807) is 0 Å². The van der Waals surface area contributed by atoms with Crippen LogP contribution >= 0.6 is 0 Å². The summed E-state index contributed by atoms with van der Waals surface area (Å²) in [5, 5.41) is 0. The SMILES string of the molecule is CC(N)Cc1cnc(CC(F)(F)F)nc1. The zero-order valence-corrected chi connectivity index (χ0v) is 8.25. The Morgan fingerprint density at radius 2 is 1.87 bits per heavy atom. The Balaban J connectivity index is 2.64. The van der Waals surface area contributed by atoms with Crippen molar-refractivity contribution in [3.63, 3.8) is 0 Å². The predicted octanol–water partition coefficient (Wildman–Crippen LogP) is 1.47. The summed E-state index contributed by atoms with van der Waals surface area (Å²) in [6, 6.07) is -0.0536. The van der Waals surface area contributed by atoms with Crippen LogP contribution < -0.4 is 5.73 Å². The van der Waals surface area contributed by atoms with E-state index >= 15 is 0 Å². The molecule has 0 saturated carbocycles. The fourth-order valence-corrected chi connectivity index (χ4v) is 1.13. The van der Waals surface area contributed by atoms with E-state index in [1.165, 1.54) is 12.4 Å². The molecule has 15 heavy (non-hydrogen) atoms. The first-order valence-electron chi connectivity index (χ1n) is 4.49. The molecule has 0 aliphatic rings. The summed E-state index contributed by atoms with van der Waals surface area (Å²) in [5.41, 5.74) is 6.27. The zero-order chi connectivity index (χ0) is 11.5. The van der Waals surface area contributed by atoms with Crippen LogP contribution in [0.15, 0.2) is 12.4 Å². The number of rotatable bonds is 3. The van der Waals surface area contributed by atoms with Crippen LogP contribution in [-0.2, 0) is 12.8 Å². The molecule has 0 saturated heterocycles. The van der Waals surface area contributed by atoms with Crippen molar-refractivity contribution in [3.05, 3.63) is 23.8 Å². The zero-order valence-electron chi connectivity index (χ0n) is 8.25. The first-order chi connectivity index (χ1) is 6.87. The van der Waals surface area contributed by atoms with Crippen LogP contribution in [0.2, 0.25) is 0 Å². The van der Waals surface area contributed by atoms with Gasteiger partial charge in [0.1, 0.15) is 12.2 Å². The number of aromatic nitrogens is 2. The third-order valence-corrected chi connectivity index (χ3v) is 1.68. The van der Waals surface area contributed by atoms with Gasteiger partial charge in [-0.1, -0.05) is 0 Å². The lowest BCUT2D eigenvalue weighted by Crippen LogP contribution is -2.19. The highest BCUT2D eigenvalue weighted by atomic mass is 19.4. The maximum absolute atomic E-state index is 12.0. The van der Waals surface area contributed by atoms with Crippen LogP contribution in [0.3, 0.4) is 0 Å². The third kappa shape index (κ3) is 4.73. The Labute approximate surface area is 85.5 Å². The second-order valence-electron chi connectivity index (χ2n) is 3.48. The van der Waals surface area contributed by atoms with Crippen molar-refractivity contribution in [2.45, 2.75) is 32.0 Å². The molecule has 1 atom stereocenters. The van der Waals surface area contributed by atoms with Gasteiger partial charge in [-0.15, -0.1) is 0 Å². The molecular weight excluding hydrogens is 207 g/mol. The molecule has 0 aromatic carbocycles. The highest BCUT2D eigenvalue weighted by Gasteiger charge is 2.29. The molecule has 1 unspecified atom stereocenters. The second kappa shape index (κ2) is 4.57. The Morgan fingerprint density at radius 3 is 2.27 bits per heavy atom. The number of nitrogens with two attached hydrogens (primary N) is 1. The van der Waals surface area contributed by atoms with E-state index < -0.39 is 12.6 Å². The maximum atomic E-state index is 12.0. The van der Waals surface area contributed by atoms with Crippen LogP contribution in [0.5, 0.6) is 0 Å². The van der Waals surface area contributed by atoms with Crippen LogP contribution in [0.4, 0.5) is 13.2 Å². The van der Waals surface area contributed by atoms with Crippen molar-refractivity contribution in [1.82, 2.24) is 9.97 Å². The highest BCUT2D eigenvalue weighted by molar-refractivity contribution is 5.07. The summed E-state index contributed by atoms with van der Waals surface area (Å²) in [4.78, 5) is 7.26. The quantitative estimate of drug-likeness (QED) is 0.837. The molecule has 3 nitrogen and oxygen atoms in total. The lowest BCUT2D eigenvalue weighted by Gasteiger charge is -2.06. The fourth-order valence-electron chi connectivity index (χ4n) is 1.13. The van der Waals surface area contributed by atoms with Gasteiger partial charge < -0.3 is 5.73 Å². The maximum Gasteiger partial charge on any atom is 0.396 e. The summed E-state index contributed by atoms with van der Waals surface area (Å²) in [5.74, 6) is -0.212. The molecule has 0 fully saturated rings. The van der Waals surface area contributed by atoms with Crippen molar-refractivity contribution in [2.75, 3.05) is 0 Å². The molecule has 6 heteroatoms. The molecule has 1 rings (SSSR count). The van der Waals surface area contributed by atoms with Crippen molar-refractivity contribution < 1.29 is 13.2 Å². The number of nitrogens with zero attached hydrogens (tertiary/aromatic N) is 2. The van der Waals surface area contributed by atoms with E-state index in [-0.39, 0.29) is 11.9 Å². The molecular formula is C9H12F3N3. The lowest BCUT2D eigenvalue weighted by molar-refractivity contribution is -0.128. The smallest absolute Gasteiger partial charge is 0.328 e. The predicted molar refractivity (Wildman–Crippen MR) is 49.1 cm³/mol. The average Bonchev–Trinajstić information content (AvgIpc) is 2.05. The Bertz CT molecular complexity index is 305. The van der Waals surface area contributed by atoms with Gasteiger partial charge in [-0.25, -0.2) is 9.97 Å². The number of hydrogen-bond acceptors (Lipinski definition) is 3. The van der Waals surface area contributed by atoms with Gasteiger partial charge in [0.2, 0.25) is 0 Å². The molecule has 0 aliphatic carbocycles. The van der Waals surface area contributed by atoms with E-state index in [0.29, 0.717) is 6.42 Å². The molecule has 1 aromatic rings. The fraction of sp³-hybridized carbons (Fsp3) is 0.556. The molecule has 0 bridgehead atoms. The second-order valence-corrected chi connectivity index (χ2v) is 3.48. The van der Waals surface area contributed by atoms with Gasteiger partial charge in [-0.05, 0) is 18.9 Å². The topological polar surface area (TPSA) is 51.8 Å². The monoisotopic (exact) mass is 219 g/mol. The van der Waals surface area contributed by atoms with E-state index in [9.17, 15) is 13.2 Å². The lowest BCUT2D eigenvalue weighted by atomic mass is 10.1. The van der Waals surface area contributed by atoms with Crippen molar-refractivity contribution >= 4 is 0 Å². The van der Waals surface area contributed by atoms with Gasteiger partial charge in [0.05, 0.1) is 0 Å². The van der Waals surface area contributed by atoms with Gasteiger partial charge >= 0.3 is 6.18 Å². The summed E-state index contributed by atoms with van der Waals surface area (Å²) in [6.45, 7) is 1.81. The molecule has 0 aliphatic heterocycles. The van der Waals surface area contributed by atoms with E-state index in [1.807, 2.05) is 6.92 Å². The molecule has 1 aromatic heterocycles. The van der Waals surface area contributed by atoms with E-state index in [2.05, 4.69) is 9.97 Å². The van der Waals surface area contributed by atoms with Gasteiger partial charge in [-0.3, -0.25) is 0 Å². The minimum Gasteiger partial charge on any atom is -0.328 e. The van der Waals surface area contributed by atoms with Gasteiger partial charge in [-0.2, -0.15) is 13.2 Å². The van der Waals surface area contributed by atoms with Gasteiger partial charge in [0.25, 0.3) is 0 Å². The Morgan fingerprint density at radius 1 is 1.33 bits per heavy atom. The summed E-state index contributed by atoms with van der Waals surface area (Å²) >= 11 is 0. The third-order valence-electron chi connectivity index (χ3n) is 1.68. The Hall–Kier alpha value is -1.17. The summed E-state index contributed by atoms with van der Waals surface area (Å²) in [6.07, 6.45) is -2.02. The largest absolute Gasteiger partial charge is 0.396 e. The molecule has 2 N–H and O–H groups in total. The first-order valence-corrected chi connectivity index (χ1v) is 4.49. The molecule has 0 radical (unpaired) electrons. The van der Waals surface area contributed by atoms with Crippen LogP contribution in [0, 0.1) is 0 Å². The van der Waals surface area contributed by atoms with Crippen LogP contribution in [-0.4, -0.2) is 22.2 Å². The molecule has 84 valence electrons. The minimum absolute atomic E-state index is 0.0536. The summed E-state index contributed by atoms with van der Waals surface area (Å²) in [7, 11) is 0. The summed E-state index contributed by atoms with van der Waals surface area (Å²) < 4.78 is 35.9. The Kier molecular flexibility index (Phi) is 3.62. The number of alkyl halides is 3. The van der Waals surface area contributed by atoms with Crippen molar-refractivity contribution in [1.29, 1.82) is 0 Å². The normalized spacial score (nSPS) is 13.9.